The molecule has 0 aliphatic carbocycles. The Kier molecular flexibility index (Phi) is 5.35. The van der Waals surface area contributed by atoms with Crippen LogP contribution < -0.4 is 10.6 Å². The van der Waals surface area contributed by atoms with Crippen molar-refractivity contribution in [1.29, 1.82) is 0 Å². The molecule has 2 atom stereocenters. The number of aliphatic hydroxyl groups is 1. The van der Waals surface area contributed by atoms with Gasteiger partial charge >= 0.3 is 0 Å². The first kappa shape index (κ1) is 11.0. The third-order valence-electron chi connectivity index (χ3n) is 2.67. The van der Waals surface area contributed by atoms with E-state index in [-0.39, 0.29) is 0 Å². The lowest BCUT2D eigenvalue weighted by atomic mass is 10.1. The summed E-state index contributed by atoms with van der Waals surface area (Å²) < 4.78 is 0. The lowest BCUT2D eigenvalue weighted by molar-refractivity contribution is 0.255. The zero-order valence-corrected chi connectivity index (χ0v) is 8.55. The molecule has 3 N–H and O–H groups in total. The molecular formula is C10H22N2O. The molecule has 1 aliphatic rings. The van der Waals surface area contributed by atoms with Gasteiger partial charge in [0.05, 0.1) is 0 Å². The molecule has 0 spiro atoms. The summed E-state index contributed by atoms with van der Waals surface area (Å²) in [5, 5.41) is 15.6. The maximum absolute atomic E-state index is 8.73. The largest absolute Gasteiger partial charge is 0.396 e. The van der Waals surface area contributed by atoms with Crippen LogP contribution in [0.25, 0.3) is 0 Å². The molecule has 0 radical (unpaired) electrons. The molecule has 78 valence electrons. The van der Waals surface area contributed by atoms with E-state index in [1.54, 1.807) is 0 Å². The van der Waals surface area contributed by atoms with Crippen molar-refractivity contribution in [1.82, 2.24) is 10.6 Å². The number of hydrogen-bond acceptors (Lipinski definition) is 3. The molecule has 0 amide bonds. The molecule has 1 rings (SSSR count). The highest BCUT2D eigenvalue weighted by Crippen LogP contribution is 2.03. The van der Waals surface area contributed by atoms with Crippen LogP contribution in [-0.4, -0.2) is 37.4 Å². The first-order valence-electron chi connectivity index (χ1n) is 5.38. The first-order chi connectivity index (χ1) is 6.33. The number of aliphatic hydroxyl groups excluding tert-OH is 1. The van der Waals surface area contributed by atoms with Crippen LogP contribution in [0, 0.1) is 5.92 Å². The topological polar surface area (TPSA) is 44.3 Å². The van der Waals surface area contributed by atoms with Gasteiger partial charge in [0.1, 0.15) is 0 Å². The molecule has 13 heavy (non-hydrogen) atoms. The first-order valence-corrected chi connectivity index (χ1v) is 5.38. The van der Waals surface area contributed by atoms with Gasteiger partial charge in [-0.1, -0.05) is 6.92 Å². The van der Waals surface area contributed by atoms with Gasteiger partial charge < -0.3 is 15.7 Å². The Morgan fingerprint density at radius 1 is 1.62 bits per heavy atom. The molecule has 0 aromatic heterocycles. The highest BCUT2D eigenvalue weighted by Gasteiger charge is 2.12. The summed E-state index contributed by atoms with van der Waals surface area (Å²) in [6.07, 6.45) is 3.48. The minimum atomic E-state index is 0.311. The lowest BCUT2D eigenvalue weighted by Crippen LogP contribution is -2.44. The fourth-order valence-electron chi connectivity index (χ4n) is 1.72. The summed E-state index contributed by atoms with van der Waals surface area (Å²) in [5.41, 5.74) is 0. The van der Waals surface area contributed by atoms with Gasteiger partial charge in [0.2, 0.25) is 0 Å². The number of hydrogen-bond donors (Lipinski definition) is 3. The third kappa shape index (κ3) is 4.60. The number of nitrogens with one attached hydrogen (secondary N) is 2. The predicted octanol–water partition coefficient (Wildman–Crippen LogP) is 0.346. The van der Waals surface area contributed by atoms with Crippen molar-refractivity contribution < 1.29 is 5.11 Å². The molecule has 1 heterocycles. The Hall–Kier alpha value is -0.120. The lowest BCUT2D eigenvalue weighted by Gasteiger charge is -2.25. The summed E-state index contributed by atoms with van der Waals surface area (Å²) in [7, 11) is 0. The Labute approximate surface area is 80.9 Å². The Morgan fingerprint density at radius 2 is 2.46 bits per heavy atom. The molecule has 0 aromatic rings. The van der Waals surface area contributed by atoms with Gasteiger partial charge in [-0.25, -0.2) is 0 Å². The van der Waals surface area contributed by atoms with Crippen LogP contribution in [0.4, 0.5) is 0 Å². The van der Waals surface area contributed by atoms with E-state index in [0.29, 0.717) is 18.6 Å². The van der Waals surface area contributed by atoms with Crippen molar-refractivity contribution in [3.05, 3.63) is 0 Å². The van der Waals surface area contributed by atoms with Gasteiger partial charge in [-0.15, -0.1) is 0 Å². The maximum Gasteiger partial charge on any atom is 0.0434 e. The van der Waals surface area contributed by atoms with Crippen LogP contribution in [0.2, 0.25) is 0 Å². The molecule has 1 saturated heterocycles. The third-order valence-corrected chi connectivity index (χ3v) is 2.67. The van der Waals surface area contributed by atoms with Crippen molar-refractivity contribution in [3.63, 3.8) is 0 Å². The van der Waals surface area contributed by atoms with Crippen LogP contribution in [0.15, 0.2) is 0 Å². The summed E-state index contributed by atoms with van der Waals surface area (Å²) in [5.74, 6) is 0.590. The van der Waals surface area contributed by atoms with Crippen LogP contribution in [0.3, 0.4) is 0 Å². The summed E-state index contributed by atoms with van der Waals surface area (Å²) in [4.78, 5) is 0. The Bertz CT molecular complexity index is 124. The maximum atomic E-state index is 8.73. The Balaban J connectivity index is 2.03. The fourth-order valence-corrected chi connectivity index (χ4v) is 1.72. The van der Waals surface area contributed by atoms with Crippen molar-refractivity contribution >= 4 is 0 Å². The monoisotopic (exact) mass is 186 g/mol. The Morgan fingerprint density at radius 3 is 3.08 bits per heavy atom. The van der Waals surface area contributed by atoms with Gasteiger partial charge in [-0.05, 0) is 38.3 Å². The van der Waals surface area contributed by atoms with Crippen LogP contribution in [-0.2, 0) is 0 Å². The zero-order valence-electron chi connectivity index (χ0n) is 8.55. The number of piperidine rings is 1. The van der Waals surface area contributed by atoms with Crippen LogP contribution in [0.1, 0.15) is 26.2 Å². The number of rotatable bonds is 5. The highest BCUT2D eigenvalue weighted by atomic mass is 16.3. The van der Waals surface area contributed by atoms with E-state index in [1.165, 1.54) is 19.4 Å². The molecule has 1 fully saturated rings. The predicted molar refractivity (Wildman–Crippen MR) is 54.8 cm³/mol. The van der Waals surface area contributed by atoms with E-state index in [0.717, 1.165) is 19.5 Å². The SMILES string of the molecule is CC(CCO)CNC1CCCNC1. The van der Waals surface area contributed by atoms with Gasteiger partial charge in [0, 0.05) is 19.2 Å². The van der Waals surface area contributed by atoms with E-state index in [9.17, 15) is 0 Å². The van der Waals surface area contributed by atoms with Crippen molar-refractivity contribution in [2.45, 2.75) is 32.2 Å². The van der Waals surface area contributed by atoms with Crippen LogP contribution in [0.5, 0.6) is 0 Å². The fraction of sp³-hybridized carbons (Fsp3) is 1.00. The molecule has 0 bridgehead atoms. The summed E-state index contributed by atoms with van der Waals surface area (Å²) in [6, 6.07) is 0.648. The second-order valence-corrected chi connectivity index (χ2v) is 4.07. The smallest absolute Gasteiger partial charge is 0.0434 e. The minimum Gasteiger partial charge on any atom is -0.396 e. The van der Waals surface area contributed by atoms with Gasteiger partial charge in [0.25, 0.3) is 0 Å². The van der Waals surface area contributed by atoms with E-state index < -0.39 is 0 Å². The molecule has 0 aromatic carbocycles. The molecular weight excluding hydrogens is 164 g/mol. The van der Waals surface area contributed by atoms with Crippen molar-refractivity contribution in [2.24, 2.45) is 5.92 Å². The molecule has 3 heteroatoms. The second-order valence-electron chi connectivity index (χ2n) is 4.07. The van der Waals surface area contributed by atoms with Gasteiger partial charge in [0.15, 0.2) is 0 Å². The van der Waals surface area contributed by atoms with E-state index in [2.05, 4.69) is 17.6 Å². The normalized spacial score (nSPS) is 25.8. The average molecular weight is 186 g/mol. The molecule has 0 saturated carbocycles. The molecule has 3 nitrogen and oxygen atoms in total. The molecule has 2 unspecified atom stereocenters. The van der Waals surface area contributed by atoms with Crippen molar-refractivity contribution in [3.8, 4) is 0 Å². The van der Waals surface area contributed by atoms with E-state index in [1.807, 2.05) is 0 Å². The second kappa shape index (κ2) is 6.35. The quantitative estimate of drug-likeness (QED) is 0.580. The zero-order chi connectivity index (χ0) is 9.52. The minimum absolute atomic E-state index is 0.311. The van der Waals surface area contributed by atoms with Crippen LogP contribution >= 0.6 is 0 Å². The standard InChI is InChI=1S/C10H22N2O/c1-9(4-6-13)7-12-10-3-2-5-11-8-10/h9-13H,2-8H2,1H3. The van der Waals surface area contributed by atoms with E-state index >= 15 is 0 Å². The molecule has 1 aliphatic heterocycles. The van der Waals surface area contributed by atoms with E-state index in [4.69, 9.17) is 5.11 Å². The highest BCUT2D eigenvalue weighted by molar-refractivity contribution is 4.75. The average Bonchev–Trinajstić information content (AvgIpc) is 2.17. The van der Waals surface area contributed by atoms with Gasteiger partial charge in [-0.3, -0.25) is 0 Å². The van der Waals surface area contributed by atoms with Crippen molar-refractivity contribution in [2.75, 3.05) is 26.2 Å². The summed E-state index contributed by atoms with van der Waals surface area (Å²) >= 11 is 0. The summed E-state index contributed by atoms with van der Waals surface area (Å²) in [6.45, 7) is 5.80. The van der Waals surface area contributed by atoms with Gasteiger partial charge in [-0.2, -0.15) is 0 Å².